The lowest BCUT2D eigenvalue weighted by Crippen LogP contribution is -2.41. The largest absolute Gasteiger partial charge is 0.454 e. The molecule has 8 nitrogen and oxygen atoms in total. The molecule has 1 saturated heterocycles. The monoisotopic (exact) mass is 340 g/mol. The molecule has 0 bridgehead atoms. The standard InChI is InChI=1S/C17H16N4O4/c1-17(12-4-5-13-14(7-12)25-10-24-13)15(22)21(16(23)20-17)9-11(8-19)3-2-6-18/h4-5,7,11H,2-3,9-10H2,1H3,(H,20,23)/t11-,17-/m1/s1. The van der Waals surface area contributed by atoms with Gasteiger partial charge in [-0.05, 0) is 31.0 Å². The van der Waals surface area contributed by atoms with Crippen molar-refractivity contribution < 1.29 is 19.1 Å². The molecule has 8 heteroatoms. The lowest BCUT2D eigenvalue weighted by molar-refractivity contribution is -0.131. The first-order valence-electron chi connectivity index (χ1n) is 7.80. The number of nitriles is 2. The Morgan fingerprint density at radius 2 is 2.08 bits per heavy atom. The van der Waals surface area contributed by atoms with E-state index in [1.165, 1.54) is 0 Å². The summed E-state index contributed by atoms with van der Waals surface area (Å²) in [6.07, 6.45) is 0.506. The molecule has 1 aromatic carbocycles. The molecule has 1 fully saturated rings. The molecule has 3 rings (SSSR count). The SMILES string of the molecule is C[C@]1(c2ccc3c(c2)OCO3)NC(=O)N(C[C@@H](C#N)CCC#N)C1=O. The average molecular weight is 340 g/mol. The van der Waals surface area contributed by atoms with E-state index in [2.05, 4.69) is 5.32 Å². The molecule has 2 aliphatic rings. The normalized spacial score (nSPS) is 22.3. The molecular weight excluding hydrogens is 324 g/mol. The van der Waals surface area contributed by atoms with Crippen molar-refractivity contribution >= 4 is 11.9 Å². The quantitative estimate of drug-likeness (QED) is 0.814. The number of hydrogen-bond acceptors (Lipinski definition) is 6. The first-order valence-corrected chi connectivity index (χ1v) is 7.80. The molecule has 25 heavy (non-hydrogen) atoms. The Morgan fingerprint density at radius 1 is 1.32 bits per heavy atom. The van der Waals surface area contributed by atoms with Crippen LogP contribution in [-0.2, 0) is 10.3 Å². The summed E-state index contributed by atoms with van der Waals surface area (Å²) in [5, 5.41) is 20.5. The van der Waals surface area contributed by atoms with Gasteiger partial charge in [0, 0.05) is 13.0 Å². The van der Waals surface area contributed by atoms with E-state index in [1.54, 1.807) is 25.1 Å². The lowest BCUT2D eigenvalue weighted by atomic mass is 9.91. The van der Waals surface area contributed by atoms with Crippen molar-refractivity contribution in [1.29, 1.82) is 10.5 Å². The van der Waals surface area contributed by atoms with Gasteiger partial charge in [0.05, 0.1) is 18.1 Å². The van der Waals surface area contributed by atoms with Gasteiger partial charge in [0.2, 0.25) is 6.79 Å². The fourth-order valence-electron chi connectivity index (χ4n) is 2.92. The van der Waals surface area contributed by atoms with E-state index in [9.17, 15) is 14.9 Å². The number of ether oxygens (including phenoxy) is 2. The third-order valence-corrected chi connectivity index (χ3v) is 4.42. The predicted molar refractivity (Wildman–Crippen MR) is 84.1 cm³/mol. The van der Waals surface area contributed by atoms with Crippen LogP contribution in [0.4, 0.5) is 4.79 Å². The van der Waals surface area contributed by atoms with Crippen LogP contribution in [0.25, 0.3) is 0 Å². The fraction of sp³-hybridized carbons (Fsp3) is 0.412. The molecule has 0 aromatic heterocycles. The molecule has 0 saturated carbocycles. The molecule has 2 aliphatic heterocycles. The van der Waals surface area contributed by atoms with Gasteiger partial charge in [0.1, 0.15) is 5.54 Å². The van der Waals surface area contributed by atoms with Crippen LogP contribution in [-0.4, -0.2) is 30.2 Å². The summed E-state index contributed by atoms with van der Waals surface area (Å²) in [5.41, 5.74) is -0.670. The van der Waals surface area contributed by atoms with Gasteiger partial charge in [0.15, 0.2) is 11.5 Å². The number of benzene rings is 1. The maximum absolute atomic E-state index is 12.9. The Balaban J connectivity index is 1.82. The minimum absolute atomic E-state index is 0.0387. The number of urea groups is 1. The van der Waals surface area contributed by atoms with Gasteiger partial charge in [-0.2, -0.15) is 10.5 Å². The number of rotatable bonds is 5. The second-order valence-electron chi connectivity index (χ2n) is 6.06. The van der Waals surface area contributed by atoms with Crippen LogP contribution in [0.5, 0.6) is 11.5 Å². The van der Waals surface area contributed by atoms with Gasteiger partial charge >= 0.3 is 6.03 Å². The molecule has 0 aliphatic carbocycles. The Hall–Kier alpha value is -3.26. The van der Waals surface area contributed by atoms with E-state index in [-0.39, 0.29) is 19.8 Å². The zero-order valence-electron chi connectivity index (χ0n) is 13.6. The number of amides is 3. The van der Waals surface area contributed by atoms with Crippen molar-refractivity contribution in [2.75, 3.05) is 13.3 Å². The van der Waals surface area contributed by atoms with Gasteiger partial charge in [-0.3, -0.25) is 9.69 Å². The highest BCUT2D eigenvalue weighted by Crippen LogP contribution is 2.38. The highest BCUT2D eigenvalue weighted by atomic mass is 16.7. The van der Waals surface area contributed by atoms with Crippen molar-refractivity contribution in [3.63, 3.8) is 0 Å². The minimum atomic E-state index is -1.24. The summed E-state index contributed by atoms with van der Waals surface area (Å²) in [6.45, 7) is 1.69. The number of nitrogens with zero attached hydrogens (tertiary/aromatic N) is 3. The smallest absolute Gasteiger partial charge is 0.325 e. The summed E-state index contributed by atoms with van der Waals surface area (Å²) in [7, 11) is 0. The first kappa shape index (κ1) is 16.6. The van der Waals surface area contributed by atoms with Crippen molar-refractivity contribution in [1.82, 2.24) is 10.2 Å². The van der Waals surface area contributed by atoms with Crippen LogP contribution in [0.1, 0.15) is 25.3 Å². The zero-order valence-corrected chi connectivity index (χ0v) is 13.6. The molecule has 3 amide bonds. The van der Waals surface area contributed by atoms with Gasteiger partial charge in [-0.15, -0.1) is 0 Å². The first-order chi connectivity index (χ1) is 12.0. The number of carbonyl (C=O) groups excluding carboxylic acids is 2. The van der Waals surface area contributed by atoms with Gasteiger partial charge in [0.25, 0.3) is 5.91 Å². The molecule has 2 heterocycles. The number of imide groups is 1. The van der Waals surface area contributed by atoms with E-state index >= 15 is 0 Å². The summed E-state index contributed by atoms with van der Waals surface area (Å²) in [6, 6.07) is 8.52. The van der Waals surface area contributed by atoms with Gasteiger partial charge in [-0.1, -0.05) is 6.07 Å². The Morgan fingerprint density at radius 3 is 2.80 bits per heavy atom. The van der Waals surface area contributed by atoms with Crippen molar-refractivity contribution in [2.45, 2.75) is 25.3 Å². The van der Waals surface area contributed by atoms with Crippen molar-refractivity contribution in [3.8, 4) is 23.6 Å². The molecule has 1 aromatic rings. The van der Waals surface area contributed by atoms with Crippen molar-refractivity contribution in [2.24, 2.45) is 5.92 Å². The third-order valence-electron chi connectivity index (χ3n) is 4.42. The maximum atomic E-state index is 12.9. The molecular formula is C17H16N4O4. The maximum Gasteiger partial charge on any atom is 0.325 e. The van der Waals surface area contributed by atoms with Crippen molar-refractivity contribution in [3.05, 3.63) is 23.8 Å². The highest BCUT2D eigenvalue weighted by Gasteiger charge is 2.49. The van der Waals surface area contributed by atoms with Crippen LogP contribution < -0.4 is 14.8 Å². The van der Waals surface area contributed by atoms with E-state index < -0.39 is 23.4 Å². The Labute approximate surface area is 144 Å². The lowest BCUT2D eigenvalue weighted by Gasteiger charge is -2.23. The molecule has 2 atom stereocenters. The third kappa shape index (κ3) is 2.83. The second-order valence-corrected chi connectivity index (χ2v) is 6.06. The van der Waals surface area contributed by atoms with E-state index in [4.69, 9.17) is 14.7 Å². The van der Waals surface area contributed by atoms with Crippen LogP contribution in [0.3, 0.4) is 0 Å². The number of carbonyl (C=O) groups is 2. The van der Waals surface area contributed by atoms with Gasteiger partial charge < -0.3 is 14.8 Å². The minimum Gasteiger partial charge on any atom is -0.454 e. The van der Waals surface area contributed by atoms with E-state index in [1.807, 2.05) is 12.1 Å². The van der Waals surface area contributed by atoms with Crippen LogP contribution in [0, 0.1) is 28.6 Å². The number of fused-ring (bicyclic) bond motifs is 1. The zero-order chi connectivity index (χ0) is 18.0. The van der Waals surface area contributed by atoms with E-state index in [0.29, 0.717) is 23.5 Å². The predicted octanol–water partition coefficient (Wildman–Crippen LogP) is 1.63. The van der Waals surface area contributed by atoms with Gasteiger partial charge in [-0.25, -0.2) is 4.79 Å². The molecule has 128 valence electrons. The van der Waals surface area contributed by atoms with Crippen LogP contribution in [0.15, 0.2) is 18.2 Å². The molecule has 1 N–H and O–H groups in total. The number of hydrogen-bond donors (Lipinski definition) is 1. The second kappa shape index (κ2) is 6.33. The number of nitrogens with one attached hydrogen (secondary N) is 1. The summed E-state index contributed by atoms with van der Waals surface area (Å²) < 4.78 is 10.6. The molecule has 0 unspecified atom stereocenters. The van der Waals surface area contributed by atoms with E-state index in [0.717, 1.165) is 4.90 Å². The Bertz CT molecular complexity index is 810. The molecule has 0 spiro atoms. The summed E-state index contributed by atoms with van der Waals surface area (Å²) in [5.74, 6) is 0.0900. The topological polar surface area (TPSA) is 115 Å². The van der Waals surface area contributed by atoms with Crippen LogP contribution >= 0.6 is 0 Å². The fourth-order valence-corrected chi connectivity index (χ4v) is 2.92. The average Bonchev–Trinajstić information content (AvgIpc) is 3.16. The van der Waals surface area contributed by atoms with Crippen LogP contribution in [0.2, 0.25) is 0 Å². The highest BCUT2D eigenvalue weighted by molar-refractivity contribution is 6.07. The molecule has 0 radical (unpaired) electrons. The summed E-state index contributed by atoms with van der Waals surface area (Å²) >= 11 is 0. The summed E-state index contributed by atoms with van der Waals surface area (Å²) in [4.78, 5) is 26.2. The Kier molecular flexibility index (Phi) is 4.20.